The predicted molar refractivity (Wildman–Crippen MR) is 70.6 cm³/mol. The van der Waals surface area contributed by atoms with Crippen molar-refractivity contribution in [3.8, 4) is 0 Å². The van der Waals surface area contributed by atoms with Crippen LogP contribution in [0.3, 0.4) is 0 Å². The van der Waals surface area contributed by atoms with Crippen molar-refractivity contribution in [3.05, 3.63) is 48.2 Å². The first-order valence-electron chi connectivity index (χ1n) is 5.16. The van der Waals surface area contributed by atoms with Crippen molar-refractivity contribution in [1.29, 1.82) is 0 Å². The second kappa shape index (κ2) is 7.89. The Labute approximate surface area is 93.3 Å². The fourth-order valence-electron chi connectivity index (χ4n) is 1.34. The topological polar surface area (TPSA) is 0 Å². The standard InChI is InChI=1S/C12H18SSi/c1-2-14-13-11-7-6-10-12-8-4-3-5-9-12/h2-5,8-9H,1,6-7,10-11,14H2. The van der Waals surface area contributed by atoms with E-state index in [0.717, 1.165) is 0 Å². The van der Waals surface area contributed by atoms with E-state index in [0.29, 0.717) is 0 Å². The van der Waals surface area contributed by atoms with Gasteiger partial charge in [-0.25, -0.2) is 0 Å². The van der Waals surface area contributed by atoms with Crippen LogP contribution in [0.2, 0.25) is 0 Å². The summed E-state index contributed by atoms with van der Waals surface area (Å²) in [4.78, 5) is 0. The molecule has 0 radical (unpaired) electrons. The lowest BCUT2D eigenvalue weighted by Gasteiger charge is -2.00. The van der Waals surface area contributed by atoms with Crippen molar-refractivity contribution >= 4 is 19.9 Å². The zero-order valence-corrected chi connectivity index (χ0v) is 10.8. The van der Waals surface area contributed by atoms with Gasteiger partial charge in [0.25, 0.3) is 0 Å². The molecule has 0 bridgehead atoms. The number of rotatable bonds is 7. The summed E-state index contributed by atoms with van der Waals surface area (Å²) >= 11 is 2.11. The minimum atomic E-state index is 0.0115. The minimum absolute atomic E-state index is 0.0115. The van der Waals surface area contributed by atoms with Gasteiger partial charge in [-0.15, -0.1) is 6.58 Å². The van der Waals surface area contributed by atoms with Gasteiger partial charge in [-0.3, -0.25) is 0 Å². The van der Waals surface area contributed by atoms with Crippen LogP contribution >= 0.6 is 11.2 Å². The molecule has 0 aromatic heterocycles. The molecule has 0 atom stereocenters. The number of unbranched alkanes of at least 4 members (excludes halogenated alkanes) is 1. The van der Waals surface area contributed by atoms with Gasteiger partial charge in [0, 0.05) is 0 Å². The predicted octanol–water partition coefficient (Wildman–Crippen LogP) is 2.97. The molecule has 0 saturated carbocycles. The van der Waals surface area contributed by atoms with E-state index in [-0.39, 0.29) is 8.67 Å². The summed E-state index contributed by atoms with van der Waals surface area (Å²) in [5, 5.41) is 0. The highest BCUT2D eigenvalue weighted by Gasteiger charge is 1.92. The molecule has 0 unspecified atom stereocenters. The Kier molecular flexibility index (Phi) is 6.54. The van der Waals surface area contributed by atoms with Gasteiger partial charge < -0.3 is 0 Å². The highest BCUT2D eigenvalue weighted by Crippen LogP contribution is 2.07. The maximum absolute atomic E-state index is 3.77. The first-order valence-corrected chi connectivity index (χ1v) is 8.86. The van der Waals surface area contributed by atoms with E-state index in [1.54, 1.807) is 0 Å². The Balaban J connectivity index is 2.02. The van der Waals surface area contributed by atoms with Crippen molar-refractivity contribution < 1.29 is 0 Å². The molecule has 1 aromatic rings. The highest BCUT2D eigenvalue weighted by atomic mass is 32.4. The third kappa shape index (κ3) is 5.30. The molecule has 0 nitrogen and oxygen atoms in total. The van der Waals surface area contributed by atoms with Crippen LogP contribution in [0, 0.1) is 0 Å². The van der Waals surface area contributed by atoms with Crippen LogP contribution in [-0.4, -0.2) is 14.4 Å². The molecule has 0 spiro atoms. The molecule has 0 heterocycles. The van der Waals surface area contributed by atoms with Crippen molar-refractivity contribution in [1.82, 2.24) is 0 Å². The van der Waals surface area contributed by atoms with E-state index in [2.05, 4.69) is 53.8 Å². The van der Waals surface area contributed by atoms with Crippen LogP contribution < -0.4 is 0 Å². The van der Waals surface area contributed by atoms with Crippen LogP contribution in [0.4, 0.5) is 0 Å². The Morgan fingerprint density at radius 1 is 1.21 bits per heavy atom. The normalized spacial score (nSPS) is 10.9. The molecule has 0 amide bonds. The Hall–Kier alpha value is -0.473. The maximum atomic E-state index is 3.77. The summed E-state index contributed by atoms with van der Waals surface area (Å²) in [7, 11) is 0.0115. The van der Waals surface area contributed by atoms with Crippen LogP contribution in [0.25, 0.3) is 0 Å². The zero-order valence-electron chi connectivity index (χ0n) is 8.61. The van der Waals surface area contributed by atoms with Gasteiger partial charge in [0.05, 0.1) is 0 Å². The molecule has 0 fully saturated rings. The lowest BCUT2D eigenvalue weighted by Crippen LogP contribution is -1.88. The van der Waals surface area contributed by atoms with Gasteiger partial charge in [0.2, 0.25) is 0 Å². The van der Waals surface area contributed by atoms with Gasteiger partial charge in [0.1, 0.15) is 8.67 Å². The Bertz CT molecular complexity index is 246. The summed E-state index contributed by atoms with van der Waals surface area (Å²) in [6.45, 7) is 3.77. The average molecular weight is 222 g/mol. The van der Waals surface area contributed by atoms with E-state index in [9.17, 15) is 0 Å². The Morgan fingerprint density at radius 3 is 2.71 bits per heavy atom. The zero-order chi connectivity index (χ0) is 10.1. The summed E-state index contributed by atoms with van der Waals surface area (Å²) in [6.07, 6.45) is 3.90. The van der Waals surface area contributed by atoms with E-state index in [1.165, 1.54) is 30.6 Å². The van der Waals surface area contributed by atoms with Crippen molar-refractivity contribution in [2.24, 2.45) is 0 Å². The van der Waals surface area contributed by atoms with Gasteiger partial charge in [0.15, 0.2) is 0 Å². The van der Waals surface area contributed by atoms with Crippen LogP contribution in [-0.2, 0) is 6.42 Å². The molecule has 0 aliphatic heterocycles. The maximum Gasteiger partial charge on any atom is 0.108 e. The van der Waals surface area contributed by atoms with E-state index in [1.807, 2.05) is 0 Å². The third-order valence-electron chi connectivity index (χ3n) is 2.08. The number of hydrogen-bond acceptors (Lipinski definition) is 1. The highest BCUT2D eigenvalue weighted by molar-refractivity contribution is 8.22. The van der Waals surface area contributed by atoms with Crippen LogP contribution in [0.1, 0.15) is 18.4 Å². The fourth-order valence-corrected chi connectivity index (χ4v) is 3.70. The molecule has 1 rings (SSSR count). The van der Waals surface area contributed by atoms with Crippen molar-refractivity contribution in [2.45, 2.75) is 19.3 Å². The fraction of sp³-hybridized carbons (Fsp3) is 0.333. The minimum Gasteiger partial charge on any atom is -0.188 e. The monoisotopic (exact) mass is 222 g/mol. The molecule has 2 heteroatoms. The summed E-state index contributed by atoms with van der Waals surface area (Å²) < 4.78 is 0. The summed E-state index contributed by atoms with van der Waals surface area (Å²) in [5.74, 6) is 1.32. The number of benzene rings is 1. The van der Waals surface area contributed by atoms with Crippen molar-refractivity contribution in [2.75, 3.05) is 5.75 Å². The summed E-state index contributed by atoms with van der Waals surface area (Å²) in [6, 6.07) is 10.7. The molecule has 0 N–H and O–H groups in total. The van der Waals surface area contributed by atoms with E-state index in [4.69, 9.17) is 0 Å². The molecule has 0 saturated heterocycles. The first-order chi connectivity index (χ1) is 6.93. The van der Waals surface area contributed by atoms with Gasteiger partial charge in [-0.2, -0.15) is 11.2 Å². The number of aryl methyl sites for hydroxylation is 1. The molecule has 14 heavy (non-hydrogen) atoms. The molecule has 76 valence electrons. The first kappa shape index (κ1) is 11.6. The SMILES string of the molecule is C=C[SiH2]SCCCCc1ccccc1. The van der Waals surface area contributed by atoms with Crippen LogP contribution in [0.15, 0.2) is 42.6 Å². The Morgan fingerprint density at radius 2 is 2.00 bits per heavy atom. The molecule has 0 aliphatic carbocycles. The average Bonchev–Trinajstić information content (AvgIpc) is 2.25. The summed E-state index contributed by atoms with van der Waals surface area (Å²) in [5.41, 5.74) is 3.58. The van der Waals surface area contributed by atoms with Gasteiger partial charge in [-0.1, -0.05) is 36.0 Å². The smallest absolute Gasteiger partial charge is 0.108 e. The molecular weight excluding hydrogens is 204 g/mol. The third-order valence-corrected chi connectivity index (χ3v) is 5.41. The molecule has 0 aliphatic rings. The lowest BCUT2D eigenvalue weighted by molar-refractivity contribution is 0.804. The van der Waals surface area contributed by atoms with Crippen molar-refractivity contribution in [3.63, 3.8) is 0 Å². The quantitative estimate of drug-likeness (QED) is 0.505. The van der Waals surface area contributed by atoms with E-state index < -0.39 is 0 Å². The number of hydrogen-bond donors (Lipinski definition) is 0. The van der Waals surface area contributed by atoms with Gasteiger partial charge in [-0.05, 0) is 30.6 Å². The molecular formula is C12H18SSi. The van der Waals surface area contributed by atoms with E-state index >= 15 is 0 Å². The molecule has 1 aromatic carbocycles. The second-order valence-electron chi connectivity index (χ2n) is 3.31. The lowest BCUT2D eigenvalue weighted by atomic mass is 10.1. The van der Waals surface area contributed by atoms with Crippen LogP contribution in [0.5, 0.6) is 0 Å². The van der Waals surface area contributed by atoms with Gasteiger partial charge >= 0.3 is 0 Å². The largest absolute Gasteiger partial charge is 0.188 e. The second-order valence-corrected chi connectivity index (χ2v) is 7.26.